The highest BCUT2D eigenvalue weighted by atomic mass is 32.1. The molecule has 2 aromatic rings. The molecule has 120 valence electrons. The van der Waals surface area contributed by atoms with Crippen molar-refractivity contribution < 1.29 is 14.4 Å². The molecule has 3 N–H and O–H groups in total. The second-order valence-electron chi connectivity index (χ2n) is 5.55. The minimum Gasteiger partial charge on any atom is -0.335 e. The number of nitrogens with one attached hydrogen (secondary N) is 3. The summed E-state index contributed by atoms with van der Waals surface area (Å²) in [6, 6.07) is 4.94. The second kappa shape index (κ2) is 5.96. The molecule has 2 heterocycles. The molecule has 3 rings (SSSR count). The molecule has 23 heavy (non-hydrogen) atoms. The third-order valence-electron chi connectivity index (χ3n) is 3.81. The molecule has 2 atom stereocenters. The van der Waals surface area contributed by atoms with E-state index in [0.29, 0.717) is 5.13 Å². The van der Waals surface area contributed by atoms with E-state index in [1.54, 1.807) is 6.92 Å². The minimum absolute atomic E-state index is 0.0117. The number of carbonyl (C=O) groups is 3. The maximum atomic E-state index is 12.2. The summed E-state index contributed by atoms with van der Waals surface area (Å²) in [7, 11) is 0. The van der Waals surface area contributed by atoms with Crippen molar-refractivity contribution in [1.29, 1.82) is 0 Å². The fourth-order valence-corrected chi connectivity index (χ4v) is 3.51. The Kier molecular flexibility index (Phi) is 3.99. The molecule has 7 nitrogen and oxygen atoms in total. The zero-order valence-electron chi connectivity index (χ0n) is 12.7. The number of imide groups is 1. The zero-order chi connectivity index (χ0) is 16.6. The highest BCUT2D eigenvalue weighted by Crippen LogP contribution is 2.28. The van der Waals surface area contributed by atoms with Crippen LogP contribution in [0.4, 0.5) is 9.93 Å². The number of amides is 4. The van der Waals surface area contributed by atoms with Gasteiger partial charge in [-0.2, -0.15) is 0 Å². The molecule has 1 aliphatic rings. The maximum Gasteiger partial charge on any atom is 0.321 e. The number of aryl methyl sites for hydroxylation is 1. The van der Waals surface area contributed by atoms with Gasteiger partial charge in [0.25, 0.3) is 0 Å². The van der Waals surface area contributed by atoms with E-state index in [0.717, 1.165) is 15.8 Å². The third kappa shape index (κ3) is 3.16. The molecule has 1 aliphatic heterocycles. The summed E-state index contributed by atoms with van der Waals surface area (Å²) in [4.78, 5) is 39.6. The fraction of sp³-hybridized carbons (Fsp3) is 0.333. The van der Waals surface area contributed by atoms with Gasteiger partial charge in [0.05, 0.1) is 16.1 Å². The summed E-state index contributed by atoms with van der Waals surface area (Å²) in [5.41, 5.74) is 1.91. The lowest BCUT2D eigenvalue weighted by Crippen LogP contribution is -2.57. The van der Waals surface area contributed by atoms with Crippen LogP contribution in [0.2, 0.25) is 0 Å². The largest absolute Gasteiger partial charge is 0.335 e. The van der Waals surface area contributed by atoms with E-state index in [-0.39, 0.29) is 18.4 Å². The quantitative estimate of drug-likeness (QED) is 0.797. The van der Waals surface area contributed by atoms with Crippen LogP contribution in [0.15, 0.2) is 18.2 Å². The van der Waals surface area contributed by atoms with Crippen LogP contribution in [0.5, 0.6) is 0 Å². The summed E-state index contributed by atoms with van der Waals surface area (Å²) >= 11 is 1.39. The Labute approximate surface area is 136 Å². The predicted octanol–water partition coefficient (Wildman–Crippen LogP) is 1.78. The van der Waals surface area contributed by atoms with Gasteiger partial charge in [-0.3, -0.25) is 14.9 Å². The first-order chi connectivity index (χ1) is 10.9. The van der Waals surface area contributed by atoms with Gasteiger partial charge >= 0.3 is 6.03 Å². The molecular weight excluding hydrogens is 316 g/mol. The number of urea groups is 1. The number of thiazole rings is 1. The van der Waals surface area contributed by atoms with Gasteiger partial charge in [-0.1, -0.05) is 23.5 Å². The zero-order valence-corrected chi connectivity index (χ0v) is 13.5. The van der Waals surface area contributed by atoms with Crippen molar-refractivity contribution in [2.24, 2.45) is 5.92 Å². The molecule has 1 fully saturated rings. The molecule has 8 heteroatoms. The molecule has 0 saturated carbocycles. The van der Waals surface area contributed by atoms with Gasteiger partial charge in [0, 0.05) is 12.5 Å². The normalized spacial score (nSPS) is 21.0. The van der Waals surface area contributed by atoms with Crippen LogP contribution in [-0.4, -0.2) is 28.9 Å². The Hall–Kier alpha value is -2.48. The topological polar surface area (TPSA) is 100 Å². The van der Waals surface area contributed by atoms with Gasteiger partial charge in [-0.05, 0) is 25.5 Å². The molecule has 0 spiro atoms. The van der Waals surface area contributed by atoms with E-state index in [2.05, 4.69) is 20.9 Å². The molecule has 1 saturated heterocycles. The maximum absolute atomic E-state index is 12.2. The van der Waals surface area contributed by atoms with E-state index in [9.17, 15) is 14.4 Å². The van der Waals surface area contributed by atoms with Crippen LogP contribution >= 0.6 is 11.3 Å². The van der Waals surface area contributed by atoms with Crippen molar-refractivity contribution in [1.82, 2.24) is 15.6 Å². The van der Waals surface area contributed by atoms with E-state index in [1.165, 1.54) is 11.3 Å². The summed E-state index contributed by atoms with van der Waals surface area (Å²) in [5.74, 6) is -1.33. The number of carbonyl (C=O) groups excluding carboxylic acids is 3. The van der Waals surface area contributed by atoms with Crippen molar-refractivity contribution in [3.63, 3.8) is 0 Å². The van der Waals surface area contributed by atoms with Gasteiger partial charge in [0.15, 0.2) is 5.13 Å². The van der Waals surface area contributed by atoms with Crippen molar-refractivity contribution in [2.75, 3.05) is 5.32 Å². The second-order valence-corrected chi connectivity index (χ2v) is 6.58. The summed E-state index contributed by atoms with van der Waals surface area (Å²) < 4.78 is 0.997. The monoisotopic (exact) mass is 332 g/mol. The number of para-hydroxylation sites is 1. The fourth-order valence-electron chi connectivity index (χ4n) is 2.55. The number of rotatable bonds is 3. The van der Waals surface area contributed by atoms with Crippen molar-refractivity contribution in [2.45, 2.75) is 26.3 Å². The van der Waals surface area contributed by atoms with Crippen LogP contribution in [0, 0.1) is 12.8 Å². The van der Waals surface area contributed by atoms with Gasteiger partial charge in [-0.25, -0.2) is 9.78 Å². The Morgan fingerprint density at radius 1 is 1.39 bits per heavy atom. The van der Waals surface area contributed by atoms with Gasteiger partial charge in [0.2, 0.25) is 11.8 Å². The minimum atomic E-state index is -0.594. The number of aromatic nitrogens is 1. The standard InChI is InChI=1S/C15H16N4O3S/c1-7-4-3-5-10-12(7)18-15(23-10)17-11(20)6-9-8(2)16-14(22)19-13(9)21/h3-5,8-9H,6H2,1-2H3,(H,17,18,20)(H2,16,19,21,22). The van der Waals surface area contributed by atoms with Crippen molar-refractivity contribution in [3.05, 3.63) is 23.8 Å². The Morgan fingerprint density at radius 3 is 2.87 bits per heavy atom. The highest BCUT2D eigenvalue weighted by Gasteiger charge is 2.34. The number of hydrogen-bond donors (Lipinski definition) is 3. The number of benzene rings is 1. The molecule has 0 aliphatic carbocycles. The number of nitrogens with zero attached hydrogens (tertiary/aromatic N) is 1. The van der Waals surface area contributed by atoms with E-state index < -0.39 is 17.9 Å². The van der Waals surface area contributed by atoms with Crippen LogP contribution in [-0.2, 0) is 9.59 Å². The smallest absolute Gasteiger partial charge is 0.321 e. The molecular formula is C15H16N4O3S. The first-order valence-corrected chi connectivity index (χ1v) is 8.03. The number of fused-ring (bicyclic) bond motifs is 1. The lowest BCUT2D eigenvalue weighted by atomic mass is 9.94. The molecule has 1 aromatic heterocycles. The molecule has 2 unspecified atom stereocenters. The summed E-state index contributed by atoms with van der Waals surface area (Å²) in [6.45, 7) is 3.67. The molecule has 4 amide bonds. The van der Waals surface area contributed by atoms with Gasteiger partial charge in [0.1, 0.15) is 0 Å². The van der Waals surface area contributed by atoms with Crippen LogP contribution in [0.3, 0.4) is 0 Å². The van der Waals surface area contributed by atoms with E-state index >= 15 is 0 Å². The Balaban J connectivity index is 1.70. The van der Waals surface area contributed by atoms with Crippen molar-refractivity contribution >= 4 is 44.5 Å². The first kappa shape index (κ1) is 15.4. The highest BCUT2D eigenvalue weighted by molar-refractivity contribution is 7.22. The summed E-state index contributed by atoms with van der Waals surface area (Å²) in [6.07, 6.45) is -0.0117. The number of anilines is 1. The van der Waals surface area contributed by atoms with Crippen molar-refractivity contribution in [3.8, 4) is 0 Å². The molecule has 0 radical (unpaired) electrons. The average molecular weight is 332 g/mol. The van der Waals surface area contributed by atoms with Crippen LogP contribution < -0.4 is 16.0 Å². The lowest BCUT2D eigenvalue weighted by molar-refractivity contribution is -0.129. The molecule has 0 bridgehead atoms. The first-order valence-electron chi connectivity index (χ1n) is 7.21. The third-order valence-corrected chi connectivity index (χ3v) is 4.74. The van der Waals surface area contributed by atoms with Crippen LogP contribution in [0.25, 0.3) is 10.2 Å². The number of hydrogen-bond acceptors (Lipinski definition) is 5. The van der Waals surface area contributed by atoms with Gasteiger partial charge < -0.3 is 10.6 Å². The SMILES string of the molecule is Cc1cccc2sc(NC(=O)CC3C(=O)NC(=O)NC3C)nc12. The average Bonchev–Trinajstić information content (AvgIpc) is 2.86. The van der Waals surface area contributed by atoms with Crippen LogP contribution in [0.1, 0.15) is 18.9 Å². The lowest BCUT2D eigenvalue weighted by Gasteiger charge is -2.28. The van der Waals surface area contributed by atoms with Gasteiger partial charge in [-0.15, -0.1) is 0 Å². The predicted molar refractivity (Wildman–Crippen MR) is 87.2 cm³/mol. The Bertz CT molecular complexity index is 801. The molecule has 1 aromatic carbocycles. The van der Waals surface area contributed by atoms with E-state index in [1.807, 2.05) is 25.1 Å². The Morgan fingerprint density at radius 2 is 2.17 bits per heavy atom. The van der Waals surface area contributed by atoms with E-state index in [4.69, 9.17) is 0 Å². The summed E-state index contributed by atoms with van der Waals surface area (Å²) in [5, 5.41) is 8.01.